The van der Waals surface area contributed by atoms with Gasteiger partial charge in [-0.15, -0.1) is 0 Å². The number of benzene rings is 2. The topological polar surface area (TPSA) is 153 Å². The number of aliphatic hydroxyl groups excluding tert-OH is 3. The van der Waals surface area contributed by atoms with Crippen molar-refractivity contribution in [1.29, 1.82) is 0 Å². The van der Waals surface area contributed by atoms with E-state index in [-0.39, 0.29) is 17.8 Å². The molecule has 3 heterocycles. The van der Waals surface area contributed by atoms with E-state index >= 15 is 0 Å². The smallest absolute Gasteiger partial charge is 0.335 e. The molecule has 11 heteroatoms. The molecule has 7 unspecified atom stereocenters. The molecule has 2 aromatic carbocycles. The number of rotatable bonds is 5. The van der Waals surface area contributed by atoms with E-state index in [1.165, 1.54) is 0 Å². The summed E-state index contributed by atoms with van der Waals surface area (Å²) in [6.45, 7) is 0.331. The Morgan fingerprint density at radius 3 is 2.47 bits per heavy atom. The highest BCUT2D eigenvalue weighted by atomic mass is 16.7. The van der Waals surface area contributed by atoms with Gasteiger partial charge in [-0.2, -0.15) is 0 Å². The number of aliphatic carboxylic acids is 1. The van der Waals surface area contributed by atoms with Gasteiger partial charge < -0.3 is 48.8 Å². The molecule has 11 nitrogen and oxygen atoms in total. The van der Waals surface area contributed by atoms with Gasteiger partial charge in [0.15, 0.2) is 17.6 Å². The molecule has 34 heavy (non-hydrogen) atoms. The quantitative estimate of drug-likeness (QED) is 0.479. The van der Waals surface area contributed by atoms with Crippen molar-refractivity contribution < 1.29 is 53.6 Å². The number of hydrogen-bond donors (Lipinski definition) is 4. The van der Waals surface area contributed by atoms with Crippen molar-refractivity contribution in [2.75, 3.05) is 20.8 Å². The van der Waals surface area contributed by atoms with Gasteiger partial charge in [0.1, 0.15) is 35.9 Å². The van der Waals surface area contributed by atoms with E-state index in [1.807, 2.05) is 12.1 Å². The maximum Gasteiger partial charge on any atom is 0.335 e. The normalized spacial score (nSPS) is 31.3. The van der Waals surface area contributed by atoms with Gasteiger partial charge >= 0.3 is 5.97 Å². The van der Waals surface area contributed by atoms with E-state index < -0.39 is 36.7 Å². The van der Waals surface area contributed by atoms with Crippen LogP contribution in [0.5, 0.6) is 28.7 Å². The van der Waals surface area contributed by atoms with Crippen molar-refractivity contribution in [3.63, 3.8) is 0 Å². The fourth-order valence-electron chi connectivity index (χ4n) is 4.57. The third kappa shape index (κ3) is 3.48. The van der Waals surface area contributed by atoms with Crippen LogP contribution in [0.2, 0.25) is 0 Å². The summed E-state index contributed by atoms with van der Waals surface area (Å²) < 4.78 is 33.9. The molecule has 3 aliphatic rings. The predicted octanol–water partition coefficient (Wildman–Crippen LogP) is 0.584. The summed E-state index contributed by atoms with van der Waals surface area (Å²) in [6.07, 6.45) is -8.83. The zero-order valence-electron chi connectivity index (χ0n) is 18.3. The SMILES string of the molecule is COc1ccc2c(c1OC)OC1c3ccc(OC4OC(C(=O)O)C(O)C(O)C4O)cc3OCC21. The lowest BCUT2D eigenvalue weighted by Crippen LogP contribution is -2.61. The molecule has 3 aliphatic heterocycles. The predicted molar refractivity (Wildman–Crippen MR) is 113 cm³/mol. The third-order valence-electron chi connectivity index (χ3n) is 6.32. The number of carbonyl (C=O) groups is 1. The first-order chi connectivity index (χ1) is 16.3. The molecular weight excluding hydrogens is 452 g/mol. The van der Waals surface area contributed by atoms with Crippen molar-refractivity contribution >= 4 is 5.97 Å². The van der Waals surface area contributed by atoms with Gasteiger partial charge in [0.25, 0.3) is 0 Å². The molecule has 5 rings (SSSR count). The highest BCUT2D eigenvalue weighted by Crippen LogP contribution is 2.56. The van der Waals surface area contributed by atoms with Gasteiger partial charge in [-0.3, -0.25) is 0 Å². The average Bonchev–Trinajstić information content (AvgIpc) is 3.22. The minimum absolute atomic E-state index is 0.0643. The molecule has 1 fully saturated rings. The zero-order chi connectivity index (χ0) is 24.1. The van der Waals surface area contributed by atoms with Crippen LogP contribution in [0.4, 0.5) is 0 Å². The molecule has 0 saturated carbocycles. The molecule has 7 atom stereocenters. The first-order valence-electron chi connectivity index (χ1n) is 10.6. The summed E-state index contributed by atoms with van der Waals surface area (Å²) in [5.41, 5.74) is 1.71. The number of fused-ring (bicyclic) bond motifs is 5. The second kappa shape index (κ2) is 8.51. The van der Waals surface area contributed by atoms with Crippen LogP contribution in [0.3, 0.4) is 0 Å². The Balaban J connectivity index is 1.39. The average molecular weight is 476 g/mol. The van der Waals surface area contributed by atoms with E-state index in [9.17, 15) is 25.2 Å². The lowest BCUT2D eigenvalue weighted by Gasteiger charge is -2.38. The van der Waals surface area contributed by atoms with E-state index in [1.54, 1.807) is 32.4 Å². The van der Waals surface area contributed by atoms with E-state index in [0.29, 0.717) is 29.6 Å². The molecule has 0 radical (unpaired) electrons. The van der Waals surface area contributed by atoms with Crippen molar-refractivity contribution in [2.24, 2.45) is 0 Å². The Hall–Kier alpha value is -3.25. The number of carboxylic acid groups (broad SMARTS) is 1. The highest BCUT2D eigenvalue weighted by molar-refractivity contribution is 5.73. The number of hydrogen-bond acceptors (Lipinski definition) is 10. The number of methoxy groups -OCH3 is 2. The minimum Gasteiger partial charge on any atom is -0.493 e. The van der Waals surface area contributed by atoms with Crippen molar-refractivity contribution in [1.82, 2.24) is 0 Å². The second-order valence-corrected chi connectivity index (χ2v) is 8.23. The molecule has 2 aromatic rings. The number of ether oxygens (including phenoxy) is 6. The monoisotopic (exact) mass is 476 g/mol. The van der Waals surface area contributed by atoms with Gasteiger partial charge in [-0.1, -0.05) is 6.07 Å². The summed E-state index contributed by atoms with van der Waals surface area (Å²) in [5.74, 6) is 0.805. The summed E-state index contributed by atoms with van der Waals surface area (Å²) in [4.78, 5) is 11.3. The second-order valence-electron chi connectivity index (χ2n) is 8.23. The van der Waals surface area contributed by atoms with Crippen molar-refractivity contribution in [2.45, 2.75) is 42.7 Å². The summed E-state index contributed by atoms with van der Waals surface area (Å²) in [5, 5.41) is 39.2. The molecule has 4 N–H and O–H groups in total. The lowest BCUT2D eigenvalue weighted by molar-refractivity contribution is -0.271. The number of aliphatic hydroxyl groups is 3. The van der Waals surface area contributed by atoms with Crippen LogP contribution < -0.4 is 23.7 Å². The van der Waals surface area contributed by atoms with Crippen LogP contribution in [-0.4, -0.2) is 77.9 Å². The summed E-state index contributed by atoms with van der Waals surface area (Å²) >= 11 is 0. The van der Waals surface area contributed by atoms with Crippen LogP contribution in [0.15, 0.2) is 30.3 Å². The van der Waals surface area contributed by atoms with Gasteiger partial charge in [0.05, 0.1) is 26.7 Å². The summed E-state index contributed by atoms with van der Waals surface area (Å²) in [7, 11) is 3.10. The van der Waals surface area contributed by atoms with Gasteiger partial charge in [0.2, 0.25) is 12.0 Å². The van der Waals surface area contributed by atoms with Gasteiger partial charge in [0, 0.05) is 17.2 Å². The Labute approximate surface area is 194 Å². The van der Waals surface area contributed by atoms with Crippen LogP contribution >= 0.6 is 0 Å². The van der Waals surface area contributed by atoms with Gasteiger partial charge in [-0.25, -0.2) is 4.79 Å². The summed E-state index contributed by atoms with van der Waals surface area (Å²) in [6, 6.07) is 8.65. The Morgan fingerprint density at radius 2 is 1.76 bits per heavy atom. The van der Waals surface area contributed by atoms with Crippen LogP contribution in [0.25, 0.3) is 0 Å². The molecule has 0 amide bonds. The Morgan fingerprint density at radius 1 is 1.00 bits per heavy atom. The van der Waals surface area contributed by atoms with Crippen LogP contribution in [0.1, 0.15) is 23.1 Å². The van der Waals surface area contributed by atoms with Crippen molar-refractivity contribution in [3.8, 4) is 28.7 Å². The minimum atomic E-state index is -1.80. The fraction of sp³-hybridized carbons (Fsp3) is 0.435. The molecule has 0 spiro atoms. The maximum absolute atomic E-state index is 11.3. The van der Waals surface area contributed by atoms with E-state index in [4.69, 9.17) is 28.4 Å². The van der Waals surface area contributed by atoms with Crippen LogP contribution in [0, 0.1) is 0 Å². The van der Waals surface area contributed by atoms with Crippen molar-refractivity contribution in [3.05, 3.63) is 41.5 Å². The highest BCUT2D eigenvalue weighted by Gasteiger charge is 2.48. The molecule has 182 valence electrons. The van der Waals surface area contributed by atoms with E-state index in [0.717, 1.165) is 11.1 Å². The first-order valence-corrected chi connectivity index (χ1v) is 10.6. The number of carboxylic acids is 1. The fourth-order valence-corrected chi connectivity index (χ4v) is 4.57. The lowest BCUT2D eigenvalue weighted by atomic mass is 9.89. The van der Waals surface area contributed by atoms with Gasteiger partial charge in [-0.05, 0) is 18.2 Å². The standard InChI is InChI=1S/C23H24O11/c1-29-13-6-5-10-12-8-31-14-7-9(3-4-11(14)18(12)33-19(10)20(13)30-2)32-23-17(26)15(24)16(25)21(34-23)22(27)28/h3-7,12,15-18,21,23-26H,8H2,1-2H3,(H,27,28). The largest absolute Gasteiger partial charge is 0.493 e. The zero-order valence-corrected chi connectivity index (χ0v) is 18.3. The molecular formula is C23H24O11. The Kier molecular flexibility index (Phi) is 5.64. The molecule has 0 bridgehead atoms. The molecule has 0 aromatic heterocycles. The third-order valence-corrected chi connectivity index (χ3v) is 6.32. The Bertz CT molecular complexity index is 1100. The van der Waals surface area contributed by atoms with Crippen LogP contribution in [-0.2, 0) is 9.53 Å². The first kappa shape index (κ1) is 22.5. The molecule has 0 aliphatic carbocycles. The maximum atomic E-state index is 11.3. The van der Waals surface area contributed by atoms with E-state index in [2.05, 4.69) is 0 Å². The molecule has 1 saturated heterocycles.